The van der Waals surface area contributed by atoms with Crippen molar-refractivity contribution in [2.75, 3.05) is 5.32 Å². The van der Waals surface area contributed by atoms with E-state index in [-0.39, 0.29) is 5.56 Å². The van der Waals surface area contributed by atoms with Gasteiger partial charge in [0.05, 0.1) is 5.56 Å². The highest BCUT2D eigenvalue weighted by atomic mass is 35.5. The van der Waals surface area contributed by atoms with Crippen molar-refractivity contribution >= 4 is 23.1 Å². The first-order valence-corrected chi connectivity index (χ1v) is 6.92. The van der Waals surface area contributed by atoms with Crippen LogP contribution in [0, 0.1) is 24.1 Å². The van der Waals surface area contributed by atoms with Crippen LogP contribution >= 0.6 is 11.6 Å². The maximum atomic E-state index is 13.3. The minimum absolute atomic E-state index is 0.0217. The normalized spacial score (nSPS) is 10.2. The lowest BCUT2D eigenvalue weighted by Gasteiger charge is -2.11. The van der Waals surface area contributed by atoms with Gasteiger partial charge in [0.2, 0.25) is 0 Å². The molecule has 0 atom stereocenters. The van der Waals surface area contributed by atoms with Crippen LogP contribution in [0.3, 0.4) is 0 Å². The summed E-state index contributed by atoms with van der Waals surface area (Å²) in [6.07, 6.45) is 1.63. The molecule has 0 aliphatic rings. The molecular formula is C15H14ClFN4. The summed E-state index contributed by atoms with van der Waals surface area (Å²) in [6, 6.07) is 6.03. The fourth-order valence-electron chi connectivity index (χ4n) is 1.82. The topological polar surface area (TPSA) is 61.6 Å². The van der Waals surface area contributed by atoms with Crippen molar-refractivity contribution in [3.05, 3.63) is 46.1 Å². The van der Waals surface area contributed by atoms with Crippen LogP contribution in [0.2, 0.25) is 5.15 Å². The van der Waals surface area contributed by atoms with E-state index in [2.05, 4.69) is 15.3 Å². The van der Waals surface area contributed by atoms with Gasteiger partial charge in [-0.3, -0.25) is 0 Å². The van der Waals surface area contributed by atoms with E-state index in [0.29, 0.717) is 28.0 Å². The summed E-state index contributed by atoms with van der Waals surface area (Å²) in [5.41, 5.74) is 1.26. The molecule has 0 saturated heterocycles. The smallest absolute Gasteiger partial charge is 0.141 e. The van der Waals surface area contributed by atoms with Crippen molar-refractivity contribution in [1.82, 2.24) is 9.97 Å². The van der Waals surface area contributed by atoms with Crippen LogP contribution in [0.5, 0.6) is 0 Å². The van der Waals surface area contributed by atoms with Crippen LogP contribution < -0.4 is 5.32 Å². The van der Waals surface area contributed by atoms with Gasteiger partial charge in [-0.25, -0.2) is 14.4 Å². The zero-order chi connectivity index (χ0) is 15.4. The molecule has 0 aliphatic carbocycles. The van der Waals surface area contributed by atoms with Crippen molar-refractivity contribution in [1.29, 1.82) is 5.26 Å². The molecule has 108 valence electrons. The summed E-state index contributed by atoms with van der Waals surface area (Å²) < 4.78 is 13.3. The minimum Gasteiger partial charge on any atom is -0.340 e. The second-order valence-corrected chi connectivity index (χ2v) is 4.94. The first kappa shape index (κ1) is 15.2. The van der Waals surface area contributed by atoms with Gasteiger partial charge in [-0.1, -0.05) is 18.5 Å². The number of hydrogen-bond acceptors (Lipinski definition) is 4. The number of aromatic nitrogens is 2. The van der Waals surface area contributed by atoms with Crippen LogP contribution in [0.4, 0.5) is 15.9 Å². The predicted octanol–water partition coefficient (Wildman–Crippen LogP) is 4.15. The van der Waals surface area contributed by atoms with E-state index in [9.17, 15) is 4.39 Å². The first-order valence-electron chi connectivity index (χ1n) is 6.54. The summed E-state index contributed by atoms with van der Waals surface area (Å²) in [5, 5.41) is 12.3. The van der Waals surface area contributed by atoms with E-state index < -0.39 is 5.82 Å². The van der Waals surface area contributed by atoms with Crippen molar-refractivity contribution in [3.63, 3.8) is 0 Å². The molecule has 0 saturated carbocycles. The molecule has 4 nitrogen and oxygen atoms in total. The lowest BCUT2D eigenvalue weighted by atomic mass is 10.2. The molecule has 2 aromatic rings. The van der Waals surface area contributed by atoms with Gasteiger partial charge >= 0.3 is 0 Å². The van der Waals surface area contributed by atoms with Crippen molar-refractivity contribution < 1.29 is 4.39 Å². The lowest BCUT2D eigenvalue weighted by molar-refractivity contribution is 0.624. The molecule has 1 N–H and O–H groups in total. The number of rotatable bonds is 4. The van der Waals surface area contributed by atoms with Crippen molar-refractivity contribution in [2.24, 2.45) is 0 Å². The van der Waals surface area contributed by atoms with Crippen LogP contribution in [0.15, 0.2) is 18.2 Å². The fraction of sp³-hybridized carbons (Fsp3) is 0.267. The summed E-state index contributed by atoms with van der Waals surface area (Å²) in [7, 11) is 0. The Kier molecular flexibility index (Phi) is 4.71. The zero-order valence-corrected chi connectivity index (χ0v) is 12.5. The number of aryl methyl sites for hydroxylation is 1. The molecule has 1 aromatic heterocycles. The maximum absolute atomic E-state index is 13.3. The number of hydrogen-bond donors (Lipinski definition) is 1. The Morgan fingerprint density at radius 1 is 1.38 bits per heavy atom. The Balaban J connectivity index is 2.37. The van der Waals surface area contributed by atoms with Crippen LogP contribution in [0.25, 0.3) is 0 Å². The summed E-state index contributed by atoms with van der Waals surface area (Å²) in [6.45, 7) is 3.83. The third-order valence-corrected chi connectivity index (χ3v) is 3.32. The molecule has 1 heterocycles. The van der Waals surface area contributed by atoms with Gasteiger partial charge in [0.1, 0.15) is 28.7 Å². The first-order chi connectivity index (χ1) is 10.0. The second kappa shape index (κ2) is 6.51. The van der Waals surface area contributed by atoms with Gasteiger partial charge in [0.15, 0.2) is 0 Å². The highest BCUT2D eigenvalue weighted by Gasteiger charge is 2.10. The predicted molar refractivity (Wildman–Crippen MR) is 80.2 cm³/mol. The number of halogens is 2. The maximum Gasteiger partial charge on any atom is 0.141 e. The van der Waals surface area contributed by atoms with E-state index in [4.69, 9.17) is 16.9 Å². The summed E-state index contributed by atoms with van der Waals surface area (Å²) in [5.74, 6) is 0.666. The molecule has 0 bridgehead atoms. The standard InChI is InChI=1S/C15H14ClFN4/c1-3-4-13-20-14(16)9(2)15(21-13)19-11-5-6-12(17)10(7-11)8-18/h5-7H,3-4H2,1-2H3,(H,19,20,21). The molecule has 2 rings (SSSR count). The van der Waals surface area contributed by atoms with Gasteiger partial charge in [-0.15, -0.1) is 0 Å². The number of nitrogens with zero attached hydrogens (tertiary/aromatic N) is 3. The molecule has 1 aromatic carbocycles. The van der Waals surface area contributed by atoms with Crippen molar-refractivity contribution in [2.45, 2.75) is 26.7 Å². The van der Waals surface area contributed by atoms with Gasteiger partial charge in [0, 0.05) is 17.7 Å². The third kappa shape index (κ3) is 3.47. The molecule has 0 aliphatic heterocycles. The van der Waals surface area contributed by atoms with Crippen LogP contribution in [-0.4, -0.2) is 9.97 Å². The van der Waals surface area contributed by atoms with E-state index >= 15 is 0 Å². The Hall–Kier alpha value is -2.19. The average Bonchev–Trinajstić information content (AvgIpc) is 2.46. The molecule has 0 fully saturated rings. The molecule has 0 unspecified atom stereocenters. The highest BCUT2D eigenvalue weighted by molar-refractivity contribution is 6.30. The van der Waals surface area contributed by atoms with E-state index in [1.807, 2.05) is 6.92 Å². The Morgan fingerprint density at radius 2 is 2.14 bits per heavy atom. The van der Waals surface area contributed by atoms with Crippen molar-refractivity contribution in [3.8, 4) is 6.07 Å². The SMILES string of the molecule is CCCc1nc(Cl)c(C)c(Nc2ccc(F)c(C#N)c2)n1. The Labute approximate surface area is 127 Å². The number of nitrogens with one attached hydrogen (secondary N) is 1. The molecule has 0 radical (unpaired) electrons. The average molecular weight is 305 g/mol. The Morgan fingerprint density at radius 3 is 2.81 bits per heavy atom. The number of anilines is 2. The van der Waals surface area contributed by atoms with Gasteiger partial charge in [-0.2, -0.15) is 5.26 Å². The third-order valence-electron chi connectivity index (χ3n) is 2.96. The lowest BCUT2D eigenvalue weighted by Crippen LogP contribution is -2.04. The molecule has 0 amide bonds. The van der Waals surface area contributed by atoms with Gasteiger partial charge in [0.25, 0.3) is 0 Å². The Bertz CT molecular complexity index is 710. The van der Waals surface area contributed by atoms with Gasteiger partial charge in [-0.05, 0) is 31.5 Å². The molecule has 0 spiro atoms. The van der Waals surface area contributed by atoms with Crippen LogP contribution in [-0.2, 0) is 6.42 Å². The zero-order valence-electron chi connectivity index (χ0n) is 11.7. The fourth-order valence-corrected chi connectivity index (χ4v) is 2.00. The monoisotopic (exact) mass is 304 g/mol. The van der Waals surface area contributed by atoms with E-state index in [1.54, 1.807) is 19.1 Å². The molecule has 6 heteroatoms. The summed E-state index contributed by atoms with van der Waals surface area (Å²) >= 11 is 6.10. The molecule has 21 heavy (non-hydrogen) atoms. The largest absolute Gasteiger partial charge is 0.340 e. The van der Waals surface area contributed by atoms with Gasteiger partial charge < -0.3 is 5.32 Å². The quantitative estimate of drug-likeness (QED) is 0.862. The molecular weight excluding hydrogens is 291 g/mol. The van der Waals surface area contributed by atoms with Crippen LogP contribution in [0.1, 0.15) is 30.3 Å². The van der Waals surface area contributed by atoms with E-state index in [0.717, 1.165) is 12.8 Å². The number of benzene rings is 1. The summed E-state index contributed by atoms with van der Waals surface area (Å²) in [4.78, 5) is 8.63. The van der Waals surface area contributed by atoms with E-state index in [1.165, 1.54) is 12.1 Å². The second-order valence-electron chi connectivity index (χ2n) is 4.59. The number of nitriles is 1. The minimum atomic E-state index is -0.549. The highest BCUT2D eigenvalue weighted by Crippen LogP contribution is 2.24.